The summed E-state index contributed by atoms with van der Waals surface area (Å²) in [4.78, 5) is 20.9. The molecular formula is C21H22N4O2. The maximum absolute atomic E-state index is 11.9. The molecule has 5 rings (SSSR count). The van der Waals surface area contributed by atoms with Gasteiger partial charge in [0.15, 0.2) is 0 Å². The molecule has 1 saturated carbocycles. The van der Waals surface area contributed by atoms with Crippen LogP contribution in [0.2, 0.25) is 0 Å². The van der Waals surface area contributed by atoms with Crippen LogP contribution in [0.3, 0.4) is 0 Å². The number of pyridine rings is 1. The Bertz CT molecular complexity index is 1010. The van der Waals surface area contributed by atoms with Crippen LogP contribution in [0.1, 0.15) is 24.8 Å². The Morgan fingerprint density at radius 2 is 2.11 bits per heavy atom. The van der Waals surface area contributed by atoms with E-state index in [0.717, 1.165) is 59.5 Å². The van der Waals surface area contributed by atoms with Gasteiger partial charge >= 0.3 is 0 Å². The number of imidazole rings is 1. The molecule has 3 aromatic rings. The predicted molar refractivity (Wildman–Crippen MR) is 102 cm³/mol. The van der Waals surface area contributed by atoms with Crippen molar-refractivity contribution < 1.29 is 9.53 Å². The summed E-state index contributed by atoms with van der Waals surface area (Å²) in [6, 6.07) is 8.12. The Morgan fingerprint density at radius 1 is 1.30 bits per heavy atom. The number of carbonyl (C=O) groups excluding carboxylic acids is 1. The first-order chi connectivity index (χ1) is 13.2. The molecule has 138 valence electrons. The number of nitrogens with zero attached hydrogens (tertiary/aromatic N) is 3. The van der Waals surface area contributed by atoms with E-state index in [2.05, 4.69) is 21.7 Å². The monoisotopic (exact) mass is 362 g/mol. The van der Waals surface area contributed by atoms with E-state index in [1.807, 2.05) is 12.1 Å². The zero-order valence-corrected chi connectivity index (χ0v) is 15.1. The molecule has 6 nitrogen and oxygen atoms in total. The molecular weight excluding hydrogens is 340 g/mol. The zero-order chi connectivity index (χ0) is 18.4. The van der Waals surface area contributed by atoms with E-state index in [1.54, 1.807) is 12.4 Å². The van der Waals surface area contributed by atoms with Gasteiger partial charge in [0.25, 0.3) is 0 Å². The third-order valence-corrected chi connectivity index (χ3v) is 5.60. The number of hydrogen-bond acceptors (Lipinski definition) is 4. The molecule has 2 aromatic heterocycles. The van der Waals surface area contributed by atoms with Crippen molar-refractivity contribution in [2.75, 3.05) is 6.61 Å². The SMILES string of the molecule is NC(=O)[C@@H](Cc1cc2c3c(c1)nc(-c1ccncc1)n3CCCO2)C1CC1. The third kappa shape index (κ3) is 2.95. The minimum Gasteiger partial charge on any atom is -0.491 e. The van der Waals surface area contributed by atoms with E-state index in [9.17, 15) is 4.79 Å². The maximum Gasteiger partial charge on any atom is 0.221 e. The van der Waals surface area contributed by atoms with Crippen LogP contribution in [0.25, 0.3) is 22.4 Å². The second kappa shape index (κ2) is 6.37. The molecule has 1 aromatic carbocycles. The van der Waals surface area contributed by atoms with Crippen molar-refractivity contribution in [3.05, 3.63) is 42.2 Å². The average molecular weight is 362 g/mol. The molecule has 1 atom stereocenters. The summed E-state index contributed by atoms with van der Waals surface area (Å²) in [5.41, 5.74) is 9.71. The Morgan fingerprint density at radius 3 is 2.85 bits per heavy atom. The first kappa shape index (κ1) is 16.3. The topological polar surface area (TPSA) is 83.0 Å². The Hall–Kier alpha value is -2.89. The number of primary amides is 1. The third-order valence-electron chi connectivity index (χ3n) is 5.60. The molecule has 3 heterocycles. The van der Waals surface area contributed by atoms with Crippen LogP contribution >= 0.6 is 0 Å². The summed E-state index contributed by atoms with van der Waals surface area (Å²) < 4.78 is 8.28. The van der Waals surface area contributed by atoms with Crippen molar-refractivity contribution in [3.63, 3.8) is 0 Å². The van der Waals surface area contributed by atoms with Crippen molar-refractivity contribution in [1.29, 1.82) is 0 Å². The molecule has 1 aliphatic carbocycles. The molecule has 0 radical (unpaired) electrons. The zero-order valence-electron chi connectivity index (χ0n) is 15.1. The summed E-state index contributed by atoms with van der Waals surface area (Å²) >= 11 is 0. The van der Waals surface area contributed by atoms with Crippen LogP contribution in [-0.4, -0.2) is 27.0 Å². The van der Waals surface area contributed by atoms with Crippen molar-refractivity contribution in [3.8, 4) is 17.1 Å². The lowest BCUT2D eigenvalue weighted by Crippen LogP contribution is -2.26. The van der Waals surface area contributed by atoms with E-state index in [1.165, 1.54) is 0 Å². The second-order valence-corrected chi connectivity index (χ2v) is 7.54. The number of amides is 1. The number of ether oxygens (including phenoxy) is 1. The first-order valence-corrected chi connectivity index (χ1v) is 9.56. The van der Waals surface area contributed by atoms with Crippen molar-refractivity contribution in [2.45, 2.75) is 32.2 Å². The van der Waals surface area contributed by atoms with Gasteiger partial charge < -0.3 is 15.0 Å². The van der Waals surface area contributed by atoms with Crippen LogP contribution in [0.15, 0.2) is 36.7 Å². The quantitative estimate of drug-likeness (QED) is 0.756. The largest absolute Gasteiger partial charge is 0.491 e. The molecule has 0 bridgehead atoms. The van der Waals surface area contributed by atoms with Gasteiger partial charge in [-0.3, -0.25) is 9.78 Å². The number of aromatic nitrogens is 3. The van der Waals surface area contributed by atoms with E-state index < -0.39 is 0 Å². The number of benzene rings is 1. The summed E-state index contributed by atoms with van der Waals surface area (Å²) in [6.07, 6.45) is 7.35. The molecule has 6 heteroatoms. The fraction of sp³-hybridized carbons (Fsp3) is 0.381. The molecule has 2 aliphatic rings. The van der Waals surface area contributed by atoms with E-state index in [0.29, 0.717) is 18.9 Å². The lowest BCUT2D eigenvalue weighted by molar-refractivity contribution is -0.122. The fourth-order valence-electron chi connectivity index (χ4n) is 4.11. The lowest BCUT2D eigenvalue weighted by Gasteiger charge is -2.13. The normalized spacial score (nSPS) is 17.3. The Balaban J connectivity index is 1.62. The Kier molecular flexibility index (Phi) is 3.85. The Labute approximate surface area is 157 Å². The minimum atomic E-state index is -0.201. The number of aryl methyl sites for hydroxylation is 1. The average Bonchev–Trinajstić information content (AvgIpc) is 3.47. The fourth-order valence-corrected chi connectivity index (χ4v) is 4.11. The molecule has 2 N–H and O–H groups in total. The number of carbonyl (C=O) groups is 1. The van der Waals surface area contributed by atoms with Gasteiger partial charge in [-0.2, -0.15) is 0 Å². The standard InChI is InChI=1S/C21H22N4O2/c22-20(26)16(14-2-3-14)10-13-11-17-19-18(12-13)27-9-1-8-25(19)21(24-17)15-4-6-23-7-5-15/h4-7,11-12,14,16H,1-3,8-10H2,(H2,22,26)/t16-/m0/s1. The number of nitrogens with two attached hydrogens (primary N) is 1. The smallest absolute Gasteiger partial charge is 0.221 e. The maximum atomic E-state index is 11.9. The van der Waals surface area contributed by atoms with Crippen LogP contribution in [0.4, 0.5) is 0 Å². The van der Waals surface area contributed by atoms with Gasteiger partial charge in [0.2, 0.25) is 5.91 Å². The minimum absolute atomic E-state index is 0.0952. The molecule has 27 heavy (non-hydrogen) atoms. The van der Waals surface area contributed by atoms with Crippen LogP contribution < -0.4 is 10.5 Å². The lowest BCUT2D eigenvalue weighted by atomic mass is 9.94. The van der Waals surface area contributed by atoms with E-state index in [4.69, 9.17) is 15.5 Å². The van der Waals surface area contributed by atoms with E-state index in [-0.39, 0.29) is 11.8 Å². The van der Waals surface area contributed by atoms with Crippen LogP contribution in [-0.2, 0) is 17.8 Å². The molecule has 1 aliphatic heterocycles. The molecule has 0 spiro atoms. The van der Waals surface area contributed by atoms with Crippen LogP contribution in [0, 0.1) is 11.8 Å². The summed E-state index contributed by atoms with van der Waals surface area (Å²) in [7, 11) is 0. The van der Waals surface area contributed by atoms with Crippen molar-refractivity contribution in [1.82, 2.24) is 14.5 Å². The first-order valence-electron chi connectivity index (χ1n) is 9.56. The van der Waals surface area contributed by atoms with E-state index >= 15 is 0 Å². The summed E-state index contributed by atoms with van der Waals surface area (Å²) in [5, 5.41) is 0. The molecule has 0 saturated heterocycles. The highest BCUT2D eigenvalue weighted by Crippen LogP contribution is 2.40. The highest BCUT2D eigenvalue weighted by atomic mass is 16.5. The number of hydrogen-bond donors (Lipinski definition) is 1. The molecule has 1 fully saturated rings. The van der Waals surface area contributed by atoms with Gasteiger partial charge in [-0.05, 0) is 61.4 Å². The highest BCUT2D eigenvalue weighted by molar-refractivity contribution is 5.87. The second-order valence-electron chi connectivity index (χ2n) is 7.54. The van der Waals surface area contributed by atoms with Gasteiger partial charge in [0, 0.05) is 30.4 Å². The van der Waals surface area contributed by atoms with Crippen LogP contribution in [0.5, 0.6) is 5.75 Å². The van der Waals surface area contributed by atoms with Crippen molar-refractivity contribution in [2.24, 2.45) is 17.6 Å². The number of rotatable bonds is 5. The van der Waals surface area contributed by atoms with Gasteiger partial charge in [-0.15, -0.1) is 0 Å². The van der Waals surface area contributed by atoms with Gasteiger partial charge in [0.05, 0.1) is 12.1 Å². The summed E-state index contributed by atoms with van der Waals surface area (Å²) in [6.45, 7) is 1.55. The highest BCUT2D eigenvalue weighted by Gasteiger charge is 2.35. The molecule has 1 amide bonds. The van der Waals surface area contributed by atoms with Crippen molar-refractivity contribution >= 4 is 16.9 Å². The van der Waals surface area contributed by atoms with Gasteiger partial charge in [-0.1, -0.05) is 0 Å². The molecule has 0 unspecified atom stereocenters. The van der Waals surface area contributed by atoms with Gasteiger partial charge in [-0.25, -0.2) is 4.98 Å². The van der Waals surface area contributed by atoms with Gasteiger partial charge in [0.1, 0.15) is 17.1 Å². The summed E-state index contributed by atoms with van der Waals surface area (Å²) in [5.74, 6) is 1.93. The predicted octanol–water partition coefficient (Wildman–Crippen LogP) is 2.93.